The maximum atomic E-state index is 11.6. The van der Waals surface area contributed by atoms with E-state index in [0.29, 0.717) is 11.5 Å². The molecule has 0 spiro atoms. The SMILES string of the molecule is CCCNC(CC1CCS(=O)(=O)C1)c1cccc(Cl)c1. The maximum absolute atomic E-state index is 11.6. The van der Waals surface area contributed by atoms with Gasteiger partial charge in [-0.05, 0) is 49.4 Å². The summed E-state index contributed by atoms with van der Waals surface area (Å²) < 4.78 is 23.2. The van der Waals surface area contributed by atoms with Crippen LogP contribution in [0.3, 0.4) is 0 Å². The molecule has 1 aliphatic heterocycles. The third kappa shape index (κ3) is 4.47. The Morgan fingerprint density at radius 1 is 1.45 bits per heavy atom. The van der Waals surface area contributed by atoms with Gasteiger partial charge in [-0.1, -0.05) is 30.7 Å². The number of halogens is 1. The largest absolute Gasteiger partial charge is 0.310 e. The van der Waals surface area contributed by atoms with Crippen molar-refractivity contribution in [1.82, 2.24) is 5.32 Å². The first-order valence-corrected chi connectivity index (χ1v) is 9.39. The number of rotatable bonds is 6. The van der Waals surface area contributed by atoms with Crippen molar-refractivity contribution in [3.05, 3.63) is 34.9 Å². The number of sulfone groups is 1. The lowest BCUT2D eigenvalue weighted by Crippen LogP contribution is -2.25. The third-order valence-corrected chi connectivity index (χ3v) is 5.86. The molecular formula is C15H22ClNO2S. The van der Waals surface area contributed by atoms with Crippen molar-refractivity contribution in [3.8, 4) is 0 Å². The molecule has 20 heavy (non-hydrogen) atoms. The highest BCUT2D eigenvalue weighted by atomic mass is 35.5. The van der Waals surface area contributed by atoms with E-state index in [1.54, 1.807) is 0 Å². The van der Waals surface area contributed by atoms with Crippen molar-refractivity contribution in [2.45, 2.75) is 32.2 Å². The Bertz CT molecular complexity index is 545. The molecule has 3 nitrogen and oxygen atoms in total. The number of nitrogens with one attached hydrogen (secondary N) is 1. The molecule has 1 aromatic carbocycles. The van der Waals surface area contributed by atoms with E-state index in [2.05, 4.69) is 18.3 Å². The minimum atomic E-state index is -2.81. The van der Waals surface area contributed by atoms with Gasteiger partial charge >= 0.3 is 0 Å². The number of benzene rings is 1. The van der Waals surface area contributed by atoms with Gasteiger partial charge in [-0.3, -0.25) is 0 Å². The van der Waals surface area contributed by atoms with Crippen LogP contribution in [0.25, 0.3) is 0 Å². The van der Waals surface area contributed by atoms with Crippen LogP contribution in [0.5, 0.6) is 0 Å². The van der Waals surface area contributed by atoms with Crippen LogP contribution in [0.4, 0.5) is 0 Å². The predicted molar refractivity (Wildman–Crippen MR) is 83.9 cm³/mol. The molecule has 2 atom stereocenters. The molecule has 0 aliphatic carbocycles. The van der Waals surface area contributed by atoms with Gasteiger partial charge in [-0.15, -0.1) is 0 Å². The van der Waals surface area contributed by atoms with Gasteiger partial charge in [0, 0.05) is 11.1 Å². The number of hydrogen-bond acceptors (Lipinski definition) is 3. The van der Waals surface area contributed by atoms with Gasteiger partial charge in [0.25, 0.3) is 0 Å². The lowest BCUT2D eigenvalue weighted by Gasteiger charge is -2.22. The van der Waals surface area contributed by atoms with Crippen molar-refractivity contribution in [1.29, 1.82) is 0 Å². The van der Waals surface area contributed by atoms with Crippen LogP contribution in [-0.2, 0) is 9.84 Å². The van der Waals surface area contributed by atoms with E-state index in [1.165, 1.54) is 0 Å². The fourth-order valence-corrected chi connectivity index (χ4v) is 4.85. The quantitative estimate of drug-likeness (QED) is 0.877. The summed E-state index contributed by atoms with van der Waals surface area (Å²) in [5.41, 5.74) is 1.15. The Balaban J connectivity index is 2.08. The zero-order valence-electron chi connectivity index (χ0n) is 11.8. The second kappa shape index (κ2) is 6.92. The van der Waals surface area contributed by atoms with Gasteiger partial charge in [0.05, 0.1) is 11.5 Å². The lowest BCUT2D eigenvalue weighted by atomic mass is 9.94. The Labute approximate surface area is 126 Å². The zero-order chi connectivity index (χ0) is 14.6. The monoisotopic (exact) mass is 315 g/mol. The normalized spacial score (nSPS) is 22.8. The fourth-order valence-electron chi connectivity index (χ4n) is 2.77. The lowest BCUT2D eigenvalue weighted by molar-refractivity contribution is 0.415. The molecule has 1 N–H and O–H groups in total. The average Bonchev–Trinajstić information content (AvgIpc) is 2.74. The van der Waals surface area contributed by atoms with Crippen LogP contribution >= 0.6 is 11.6 Å². The molecular weight excluding hydrogens is 294 g/mol. The molecule has 1 heterocycles. The fraction of sp³-hybridized carbons (Fsp3) is 0.600. The predicted octanol–water partition coefficient (Wildman–Crippen LogP) is 3.21. The molecule has 0 amide bonds. The Morgan fingerprint density at radius 2 is 2.25 bits per heavy atom. The molecule has 0 radical (unpaired) electrons. The highest BCUT2D eigenvalue weighted by Gasteiger charge is 2.30. The topological polar surface area (TPSA) is 46.2 Å². The summed E-state index contributed by atoms with van der Waals surface area (Å²) in [7, 11) is -2.81. The molecule has 112 valence electrons. The number of hydrogen-bond donors (Lipinski definition) is 1. The summed E-state index contributed by atoms with van der Waals surface area (Å²) in [4.78, 5) is 0. The molecule has 1 saturated heterocycles. The van der Waals surface area contributed by atoms with Crippen LogP contribution in [-0.4, -0.2) is 26.5 Å². The molecule has 0 bridgehead atoms. The van der Waals surface area contributed by atoms with Crippen LogP contribution in [0, 0.1) is 5.92 Å². The Morgan fingerprint density at radius 3 is 2.85 bits per heavy atom. The average molecular weight is 316 g/mol. The molecule has 2 unspecified atom stereocenters. The summed E-state index contributed by atoms with van der Waals surface area (Å²) in [5, 5.41) is 4.24. The van der Waals surface area contributed by atoms with E-state index >= 15 is 0 Å². The molecule has 0 saturated carbocycles. The summed E-state index contributed by atoms with van der Waals surface area (Å²) in [5.74, 6) is 0.930. The minimum Gasteiger partial charge on any atom is -0.310 e. The second-order valence-electron chi connectivity index (χ2n) is 5.57. The molecule has 1 aliphatic rings. The van der Waals surface area contributed by atoms with Gasteiger partial charge in [0.2, 0.25) is 0 Å². The van der Waals surface area contributed by atoms with E-state index in [4.69, 9.17) is 11.6 Å². The van der Waals surface area contributed by atoms with Gasteiger partial charge in [-0.25, -0.2) is 8.42 Å². The van der Waals surface area contributed by atoms with Crippen molar-refractivity contribution < 1.29 is 8.42 Å². The van der Waals surface area contributed by atoms with E-state index in [1.807, 2.05) is 18.2 Å². The summed E-state index contributed by atoms with van der Waals surface area (Å²) in [6.07, 6.45) is 2.70. The first kappa shape index (κ1) is 15.8. The van der Waals surface area contributed by atoms with Gasteiger partial charge in [0.15, 0.2) is 9.84 Å². The molecule has 5 heteroatoms. The standard InChI is InChI=1S/C15H22ClNO2S/c1-2-7-17-15(13-4-3-5-14(16)10-13)9-12-6-8-20(18,19)11-12/h3-5,10,12,15,17H,2,6-9,11H2,1H3. The van der Waals surface area contributed by atoms with Crippen molar-refractivity contribution in [2.24, 2.45) is 5.92 Å². The van der Waals surface area contributed by atoms with Gasteiger partial charge in [-0.2, -0.15) is 0 Å². The highest BCUT2D eigenvalue weighted by molar-refractivity contribution is 7.91. The second-order valence-corrected chi connectivity index (χ2v) is 8.23. The summed E-state index contributed by atoms with van der Waals surface area (Å²) in [6, 6.07) is 8.03. The highest BCUT2D eigenvalue weighted by Crippen LogP contribution is 2.30. The third-order valence-electron chi connectivity index (χ3n) is 3.79. The first-order chi connectivity index (χ1) is 9.50. The van der Waals surface area contributed by atoms with Crippen LogP contribution < -0.4 is 5.32 Å². The smallest absolute Gasteiger partial charge is 0.150 e. The summed E-state index contributed by atoms with van der Waals surface area (Å²) >= 11 is 6.06. The first-order valence-electron chi connectivity index (χ1n) is 7.19. The molecule has 0 aromatic heterocycles. The summed E-state index contributed by atoms with van der Waals surface area (Å²) in [6.45, 7) is 3.05. The zero-order valence-corrected chi connectivity index (χ0v) is 13.4. The van der Waals surface area contributed by atoms with Crippen LogP contribution in [0.1, 0.15) is 37.8 Å². The van der Waals surface area contributed by atoms with Gasteiger partial charge in [0.1, 0.15) is 0 Å². The van der Waals surface area contributed by atoms with Gasteiger partial charge < -0.3 is 5.32 Å². The van der Waals surface area contributed by atoms with E-state index < -0.39 is 9.84 Å². The van der Waals surface area contributed by atoms with Crippen molar-refractivity contribution in [3.63, 3.8) is 0 Å². The van der Waals surface area contributed by atoms with Crippen molar-refractivity contribution in [2.75, 3.05) is 18.1 Å². The van der Waals surface area contributed by atoms with Crippen LogP contribution in [0.15, 0.2) is 24.3 Å². The van der Waals surface area contributed by atoms with E-state index in [0.717, 1.165) is 36.4 Å². The van der Waals surface area contributed by atoms with Crippen LogP contribution in [0.2, 0.25) is 5.02 Å². The Hall–Kier alpha value is -0.580. The maximum Gasteiger partial charge on any atom is 0.150 e. The Kier molecular flexibility index (Phi) is 5.47. The van der Waals surface area contributed by atoms with E-state index in [9.17, 15) is 8.42 Å². The van der Waals surface area contributed by atoms with Crippen molar-refractivity contribution >= 4 is 21.4 Å². The van der Waals surface area contributed by atoms with E-state index in [-0.39, 0.29) is 12.0 Å². The minimum absolute atomic E-state index is 0.187. The molecule has 1 fully saturated rings. The molecule has 2 rings (SSSR count). The molecule has 1 aromatic rings.